The van der Waals surface area contributed by atoms with Crippen LogP contribution in [0.4, 0.5) is 0 Å². The number of hydroxylamine groups is 2. The van der Waals surface area contributed by atoms with Crippen LogP contribution in [0.2, 0.25) is 0 Å². The van der Waals surface area contributed by atoms with Crippen LogP contribution >= 0.6 is 0 Å². The van der Waals surface area contributed by atoms with E-state index in [1.54, 1.807) is 7.05 Å². The fraction of sp³-hybridized carbons (Fsp3) is 1.00. The Hall–Kier alpha value is -0.0800. The quantitative estimate of drug-likeness (QED) is 0.470. The molecule has 0 aromatic rings. The van der Waals surface area contributed by atoms with Crippen molar-refractivity contribution in [1.82, 2.24) is 5.06 Å². The maximum atomic E-state index is 8.53. The van der Waals surface area contributed by atoms with Gasteiger partial charge in [0.05, 0.1) is 0 Å². The highest BCUT2D eigenvalue weighted by Gasteiger charge is 2.24. The minimum absolute atomic E-state index is 0.491. The molecule has 0 heterocycles. The number of nitrogens with zero attached hydrogens (tertiary/aromatic N) is 1. The molecule has 0 unspecified atom stereocenters. The van der Waals surface area contributed by atoms with Crippen molar-refractivity contribution in [1.29, 1.82) is 0 Å². The molecule has 1 saturated carbocycles. The van der Waals surface area contributed by atoms with Crippen LogP contribution in [0.5, 0.6) is 0 Å². The molecule has 1 fully saturated rings. The second-order valence-corrected chi connectivity index (χ2v) is 1.80. The van der Waals surface area contributed by atoms with Gasteiger partial charge in [0.2, 0.25) is 0 Å². The lowest BCUT2D eigenvalue weighted by atomic mass is 10.7. The summed E-state index contributed by atoms with van der Waals surface area (Å²) in [6.45, 7) is 0. The zero-order valence-corrected chi connectivity index (χ0v) is 3.89. The van der Waals surface area contributed by atoms with Crippen molar-refractivity contribution in [3.63, 3.8) is 0 Å². The molecule has 36 valence electrons. The summed E-state index contributed by atoms with van der Waals surface area (Å²) in [5.74, 6) is 0. The molecule has 0 amide bonds. The SMILES string of the molecule is CN(O)C1CC1. The van der Waals surface area contributed by atoms with Gasteiger partial charge in [-0.3, -0.25) is 0 Å². The lowest BCUT2D eigenvalue weighted by Crippen LogP contribution is -2.13. The topological polar surface area (TPSA) is 23.5 Å². The highest BCUT2D eigenvalue weighted by molar-refractivity contribution is 4.77. The van der Waals surface area contributed by atoms with E-state index in [9.17, 15) is 0 Å². The van der Waals surface area contributed by atoms with Crippen LogP contribution in [-0.2, 0) is 0 Å². The van der Waals surface area contributed by atoms with Crippen molar-refractivity contribution in [2.24, 2.45) is 0 Å². The number of rotatable bonds is 1. The largest absolute Gasteiger partial charge is 0.314 e. The lowest BCUT2D eigenvalue weighted by molar-refractivity contribution is -0.0732. The molecule has 1 aliphatic rings. The third kappa shape index (κ3) is 0.698. The van der Waals surface area contributed by atoms with Gasteiger partial charge in [0.1, 0.15) is 0 Å². The van der Waals surface area contributed by atoms with E-state index in [0.717, 1.165) is 0 Å². The van der Waals surface area contributed by atoms with E-state index in [0.29, 0.717) is 6.04 Å². The highest BCUT2D eigenvalue weighted by Crippen LogP contribution is 2.23. The zero-order valence-electron chi connectivity index (χ0n) is 3.89. The van der Waals surface area contributed by atoms with Gasteiger partial charge in [-0.25, -0.2) is 0 Å². The first-order chi connectivity index (χ1) is 2.80. The van der Waals surface area contributed by atoms with Crippen LogP contribution in [0.1, 0.15) is 12.8 Å². The molecule has 0 aromatic carbocycles. The van der Waals surface area contributed by atoms with Crippen LogP contribution in [0.15, 0.2) is 0 Å². The van der Waals surface area contributed by atoms with E-state index in [4.69, 9.17) is 5.21 Å². The second-order valence-electron chi connectivity index (χ2n) is 1.80. The summed E-state index contributed by atoms with van der Waals surface area (Å²) < 4.78 is 0. The molecule has 0 spiro atoms. The number of hydrogen-bond acceptors (Lipinski definition) is 2. The predicted octanol–water partition coefficient (Wildman–Crippen LogP) is 0.470. The average Bonchev–Trinajstić information content (AvgIpc) is 2.06. The van der Waals surface area contributed by atoms with Crippen LogP contribution in [0.3, 0.4) is 0 Å². The van der Waals surface area contributed by atoms with E-state index in [2.05, 4.69) is 0 Å². The van der Waals surface area contributed by atoms with Crippen molar-refractivity contribution < 1.29 is 5.21 Å². The van der Waals surface area contributed by atoms with Crippen LogP contribution in [0, 0.1) is 0 Å². The smallest absolute Gasteiger partial charge is 0.0348 e. The minimum atomic E-state index is 0.491. The first kappa shape index (κ1) is 4.09. The van der Waals surface area contributed by atoms with Crippen molar-refractivity contribution in [3.8, 4) is 0 Å². The van der Waals surface area contributed by atoms with E-state index < -0.39 is 0 Å². The average molecular weight is 87.1 g/mol. The maximum absolute atomic E-state index is 8.53. The van der Waals surface area contributed by atoms with E-state index >= 15 is 0 Å². The first-order valence-corrected chi connectivity index (χ1v) is 2.22. The third-order valence-electron chi connectivity index (χ3n) is 1.08. The molecule has 1 aliphatic carbocycles. The molecular formula is C4H9NO. The molecule has 0 radical (unpaired) electrons. The van der Waals surface area contributed by atoms with Gasteiger partial charge in [-0.15, -0.1) is 0 Å². The van der Waals surface area contributed by atoms with Crippen molar-refractivity contribution in [2.75, 3.05) is 7.05 Å². The van der Waals surface area contributed by atoms with Gasteiger partial charge in [-0.1, -0.05) is 0 Å². The van der Waals surface area contributed by atoms with Crippen LogP contribution in [-0.4, -0.2) is 23.4 Å². The second kappa shape index (κ2) is 1.21. The summed E-state index contributed by atoms with van der Waals surface area (Å²) in [5.41, 5.74) is 0. The molecule has 2 nitrogen and oxygen atoms in total. The monoisotopic (exact) mass is 87.1 g/mol. The summed E-state index contributed by atoms with van der Waals surface area (Å²) in [4.78, 5) is 0. The fourth-order valence-corrected chi connectivity index (χ4v) is 0.448. The third-order valence-corrected chi connectivity index (χ3v) is 1.08. The van der Waals surface area contributed by atoms with Crippen LogP contribution in [0.25, 0.3) is 0 Å². The van der Waals surface area contributed by atoms with Gasteiger partial charge in [0, 0.05) is 13.1 Å². The minimum Gasteiger partial charge on any atom is -0.314 e. The molecule has 0 saturated heterocycles. The van der Waals surface area contributed by atoms with Gasteiger partial charge >= 0.3 is 0 Å². The highest BCUT2D eigenvalue weighted by atomic mass is 16.5. The molecule has 1 rings (SSSR count). The molecule has 1 N–H and O–H groups in total. The summed E-state index contributed by atoms with van der Waals surface area (Å²) in [6, 6.07) is 0.491. The summed E-state index contributed by atoms with van der Waals surface area (Å²) in [5, 5.41) is 9.80. The molecule has 0 aliphatic heterocycles. The first-order valence-electron chi connectivity index (χ1n) is 2.22. The summed E-state index contributed by atoms with van der Waals surface area (Å²) in [6.07, 6.45) is 2.35. The molecule has 2 heteroatoms. The summed E-state index contributed by atoms with van der Waals surface area (Å²) >= 11 is 0. The fourth-order valence-electron chi connectivity index (χ4n) is 0.448. The Morgan fingerprint density at radius 1 is 1.67 bits per heavy atom. The van der Waals surface area contributed by atoms with Gasteiger partial charge in [-0.05, 0) is 12.8 Å². The maximum Gasteiger partial charge on any atom is 0.0348 e. The van der Waals surface area contributed by atoms with Crippen molar-refractivity contribution in [2.45, 2.75) is 18.9 Å². The Labute approximate surface area is 37.3 Å². The van der Waals surface area contributed by atoms with Crippen molar-refractivity contribution >= 4 is 0 Å². The van der Waals surface area contributed by atoms with Gasteiger partial charge < -0.3 is 5.21 Å². The Balaban J connectivity index is 2.13. The molecule has 6 heavy (non-hydrogen) atoms. The lowest BCUT2D eigenvalue weighted by Gasteiger charge is -2.01. The normalized spacial score (nSPS) is 22.5. The Kier molecular flexibility index (Phi) is 0.821. The Morgan fingerprint density at radius 3 is 2.17 bits per heavy atom. The van der Waals surface area contributed by atoms with Gasteiger partial charge in [0.25, 0.3) is 0 Å². The zero-order chi connectivity index (χ0) is 4.57. The van der Waals surface area contributed by atoms with Crippen LogP contribution < -0.4 is 0 Å². The standard InChI is InChI=1S/C4H9NO/c1-5(6)4-2-3-4/h4,6H,2-3H2,1H3. The Morgan fingerprint density at radius 2 is 2.17 bits per heavy atom. The van der Waals surface area contributed by atoms with Gasteiger partial charge in [-0.2, -0.15) is 5.06 Å². The van der Waals surface area contributed by atoms with Crippen molar-refractivity contribution in [3.05, 3.63) is 0 Å². The number of hydrogen-bond donors (Lipinski definition) is 1. The Bertz CT molecular complexity index is 49.5. The molecular weight excluding hydrogens is 78.0 g/mol. The molecule has 0 atom stereocenters. The van der Waals surface area contributed by atoms with E-state index in [1.807, 2.05) is 0 Å². The van der Waals surface area contributed by atoms with E-state index in [1.165, 1.54) is 17.9 Å². The molecule has 0 aromatic heterocycles. The molecule has 0 bridgehead atoms. The predicted molar refractivity (Wildman–Crippen MR) is 22.6 cm³/mol. The summed E-state index contributed by atoms with van der Waals surface area (Å²) in [7, 11) is 1.69. The van der Waals surface area contributed by atoms with Gasteiger partial charge in [0.15, 0.2) is 0 Å². The van der Waals surface area contributed by atoms with E-state index in [-0.39, 0.29) is 0 Å².